The zero-order chi connectivity index (χ0) is 9.38. The van der Waals surface area contributed by atoms with Crippen molar-refractivity contribution in [2.75, 3.05) is 0 Å². The quantitative estimate of drug-likeness (QED) is 0.614. The van der Waals surface area contributed by atoms with Crippen LogP contribution in [0.15, 0.2) is 29.4 Å². The van der Waals surface area contributed by atoms with Crippen LogP contribution in [-0.4, -0.2) is 25.1 Å². The minimum Gasteiger partial charge on any atom is -0.364 e. The van der Waals surface area contributed by atoms with Crippen molar-refractivity contribution in [3.05, 3.63) is 24.9 Å². The molecule has 0 aliphatic carbocycles. The van der Waals surface area contributed by atoms with E-state index in [2.05, 4.69) is 25.1 Å². The third-order valence-electron chi connectivity index (χ3n) is 1.84. The molecule has 0 aromatic carbocycles. The fourth-order valence-electron chi connectivity index (χ4n) is 1.19. The van der Waals surface area contributed by atoms with E-state index in [0.29, 0.717) is 17.2 Å². The molecule has 6 nitrogen and oxygen atoms in total. The van der Waals surface area contributed by atoms with Crippen LogP contribution in [0.2, 0.25) is 0 Å². The zero-order valence-electron chi connectivity index (χ0n) is 7.01. The molecule has 0 amide bonds. The monoisotopic (exact) mass is 187 g/mol. The summed E-state index contributed by atoms with van der Waals surface area (Å²) in [4.78, 5) is 15.3. The van der Waals surface area contributed by atoms with Gasteiger partial charge in [-0.25, -0.2) is 15.0 Å². The summed E-state index contributed by atoms with van der Waals surface area (Å²) in [6, 6.07) is 1.70. The average Bonchev–Trinajstić information content (AvgIpc) is 2.88. The Balaban J connectivity index is 2.23. The Morgan fingerprint density at radius 2 is 2.29 bits per heavy atom. The number of H-pyrrole nitrogens is 1. The van der Waals surface area contributed by atoms with E-state index < -0.39 is 0 Å². The second kappa shape index (κ2) is 2.63. The molecule has 0 spiro atoms. The van der Waals surface area contributed by atoms with Gasteiger partial charge in [0.25, 0.3) is 0 Å². The van der Waals surface area contributed by atoms with E-state index in [9.17, 15) is 0 Å². The van der Waals surface area contributed by atoms with E-state index >= 15 is 0 Å². The van der Waals surface area contributed by atoms with Gasteiger partial charge < -0.3 is 9.51 Å². The summed E-state index contributed by atoms with van der Waals surface area (Å²) in [6.07, 6.45) is 4.72. The second-order valence-corrected chi connectivity index (χ2v) is 2.72. The van der Waals surface area contributed by atoms with E-state index in [4.69, 9.17) is 4.52 Å². The predicted molar refractivity (Wildman–Crippen MR) is 47.2 cm³/mol. The Labute approximate surface area is 78.0 Å². The first kappa shape index (κ1) is 7.19. The smallest absolute Gasteiger partial charge is 0.183 e. The number of rotatable bonds is 1. The van der Waals surface area contributed by atoms with Gasteiger partial charge in [-0.05, 0) is 0 Å². The highest BCUT2D eigenvalue weighted by atomic mass is 16.5. The van der Waals surface area contributed by atoms with Crippen molar-refractivity contribution >= 4 is 11.2 Å². The van der Waals surface area contributed by atoms with Crippen LogP contribution in [0.25, 0.3) is 22.7 Å². The Morgan fingerprint density at radius 1 is 1.29 bits per heavy atom. The fourth-order valence-corrected chi connectivity index (χ4v) is 1.19. The number of aromatic amines is 1. The number of hydrogen-bond donors (Lipinski definition) is 1. The van der Waals surface area contributed by atoms with E-state index in [1.165, 1.54) is 6.26 Å². The Bertz CT molecular complexity index is 556. The minimum absolute atomic E-state index is 0.512. The summed E-state index contributed by atoms with van der Waals surface area (Å²) in [6.45, 7) is 0. The first-order chi connectivity index (χ1) is 6.93. The molecule has 0 saturated heterocycles. The Morgan fingerprint density at radius 3 is 3.14 bits per heavy atom. The highest BCUT2D eigenvalue weighted by Gasteiger charge is 2.06. The topological polar surface area (TPSA) is 80.5 Å². The Hall–Kier alpha value is -2.24. The summed E-state index contributed by atoms with van der Waals surface area (Å²) >= 11 is 0. The number of fused-ring (bicyclic) bond motifs is 1. The minimum atomic E-state index is 0.512. The maximum atomic E-state index is 4.70. The van der Waals surface area contributed by atoms with E-state index in [1.807, 2.05) is 0 Å². The second-order valence-electron chi connectivity index (χ2n) is 2.72. The van der Waals surface area contributed by atoms with Gasteiger partial charge in [0.15, 0.2) is 17.2 Å². The largest absolute Gasteiger partial charge is 0.364 e. The lowest BCUT2D eigenvalue weighted by molar-refractivity contribution is 0.422. The van der Waals surface area contributed by atoms with Gasteiger partial charge >= 0.3 is 0 Å². The lowest BCUT2D eigenvalue weighted by Crippen LogP contribution is -1.88. The van der Waals surface area contributed by atoms with Crippen molar-refractivity contribution in [2.24, 2.45) is 0 Å². The molecule has 6 heteroatoms. The van der Waals surface area contributed by atoms with Crippen molar-refractivity contribution in [1.29, 1.82) is 0 Å². The van der Waals surface area contributed by atoms with Crippen LogP contribution in [0.5, 0.6) is 0 Å². The third-order valence-corrected chi connectivity index (χ3v) is 1.84. The van der Waals surface area contributed by atoms with Crippen LogP contribution >= 0.6 is 0 Å². The fraction of sp³-hybridized carbons (Fsp3) is 0. The lowest BCUT2D eigenvalue weighted by Gasteiger charge is -1.92. The van der Waals surface area contributed by atoms with Gasteiger partial charge in [0, 0.05) is 6.07 Å². The van der Waals surface area contributed by atoms with Gasteiger partial charge in [0.1, 0.15) is 11.8 Å². The standard InChI is InChI=1S/C8H5N5O/c1-2-14-13-5(1)7-9-3-6-8(12-7)11-4-10-6/h1-4H,(H,9,10,11,12). The van der Waals surface area contributed by atoms with Gasteiger partial charge in [-0.3, -0.25) is 0 Å². The van der Waals surface area contributed by atoms with E-state index in [-0.39, 0.29) is 0 Å². The maximum Gasteiger partial charge on any atom is 0.183 e. The molecule has 0 radical (unpaired) electrons. The molecular weight excluding hydrogens is 182 g/mol. The van der Waals surface area contributed by atoms with Gasteiger partial charge in [-0.1, -0.05) is 5.16 Å². The maximum absolute atomic E-state index is 4.70. The van der Waals surface area contributed by atoms with Gasteiger partial charge in [-0.15, -0.1) is 0 Å². The molecule has 68 valence electrons. The first-order valence-corrected chi connectivity index (χ1v) is 4.00. The lowest BCUT2D eigenvalue weighted by atomic mass is 10.4. The number of hydrogen-bond acceptors (Lipinski definition) is 5. The third kappa shape index (κ3) is 0.972. The highest BCUT2D eigenvalue weighted by molar-refractivity contribution is 5.70. The zero-order valence-corrected chi connectivity index (χ0v) is 7.01. The molecule has 0 aliphatic rings. The molecule has 3 aromatic rings. The van der Waals surface area contributed by atoms with Crippen molar-refractivity contribution in [2.45, 2.75) is 0 Å². The summed E-state index contributed by atoms with van der Waals surface area (Å²) in [5.41, 5.74) is 2.03. The average molecular weight is 187 g/mol. The molecule has 0 unspecified atom stereocenters. The summed E-state index contributed by atoms with van der Waals surface area (Å²) < 4.78 is 4.70. The highest BCUT2D eigenvalue weighted by Crippen LogP contribution is 2.13. The first-order valence-electron chi connectivity index (χ1n) is 4.00. The van der Waals surface area contributed by atoms with Crippen LogP contribution in [0.1, 0.15) is 0 Å². The molecule has 0 atom stereocenters. The number of imidazole rings is 1. The molecule has 0 fully saturated rings. The number of aromatic nitrogens is 5. The Kier molecular flexibility index (Phi) is 1.35. The van der Waals surface area contributed by atoms with Crippen LogP contribution in [0.4, 0.5) is 0 Å². The predicted octanol–water partition coefficient (Wildman–Crippen LogP) is 1.01. The van der Waals surface area contributed by atoms with E-state index in [1.54, 1.807) is 18.6 Å². The summed E-state index contributed by atoms with van der Waals surface area (Å²) in [5, 5.41) is 3.74. The SMILES string of the molecule is c1nc2nc(-c3ccon3)ncc2[nH]1. The number of nitrogens with zero attached hydrogens (tertiary/aromatic N) is 4. The molecular formula is C8H5N5O. The number of nitrogens with one attached hydrogen (secondary N) is 1. The summed E-state index contributed by atoms with van der Waals surface area (Å²) in [5.74, 6) is 0.512. The van der Waals surface area contributed by atoms with Crippen LogP contribution < -0.4 is 0 Å². The van der Waals surface area contributed by atoms with Gasteiger partial charge in [-0.2, -0.15) is 0 Å². The van der Waals surface area contributed by atoms with Crippen molar-refractivity contribution < 1.29 is 4.52 Å². The molecule has 1 N–H and O–H groups in total. The molecule has 14 heavy (non-hydrogen) atoms. The van der Waals surface area contributed by atoms with E-state index in [0.717, 1.165) is 5.52 Å². The van der Waals surface area contributed by atoms with Crippen molar-refractivity contribution in [3.63, 3.8) is 0 Å². The molecule has 3 aromatic heterocycles. The molecule has 0 aliphatic heterocycles. The van der Waals surface area contributed by atoms with Crippen molar-refractivity contribution in [1.82, 2.24) is 25.1 Å². The molecule has 0 bridgehead atoms. The molecule has 3 rings (SSSR count). The van der Waals surface area contributed by atoms with Crippen LogP contribution in [0, 0.1) is 0 Å². The van der Waals surface area contributed by atoms with Gasteiger partial charge in [0.05, 0.1) is 12.5 Å². The van der Waals surface area contributed by atoms with Gasteiger partial charge in [0.2, 0.25) is 0 Å². The van der Waals surface area contributed by atoms with Crippen LogP contribution in [0.3, 0.4) is 0 Å². The summed E-state index contributed by atoms with van der Waals surface area (Å²) in [7, 11) is 0. The van der Waals surface area contributed by atoms with Crippen molar-refractivity contribution in [3.8, 4) is 11.5 Å². The normalized spacial score (nSPS) is 10.9. The van der Waals surface area contributed by atoms with Crippen LogP contribution in [-0.2, 0) is 0 Å². The molecule has 0 saturated carbocycles. The molecule has 3 heterocycles.